The third-order valence-corrected chi connectivity index (χ3v) is 5.05. The van der Waals surface area contributed by atoms with E-state index in [1.54, 1.807) is 4.68 Å². The third kappa shape index (κ3) is 4.26. The average Bonchev–Trinajstić information content (AvgIpc) is 3.37. The maximum absolute atomic E-state index is 13.0. The van der Waals surface area contributed by atoms with E-state index in [1.807, 2.05) is 67.7 Å². The maximum Gasteiger partial charge on any atom is 0.255 e. The van der Waals surface area contributed by atoms with Crippen molar-refractivity contribution < 1.29 is 4.79 Å². The van der Waals surface area contributed by atoms with Gasteiger partial charge in [0.2, 0.25) is 0 Å². The number of nitrogens with one attached hydrogen (secondary N) is 2. The van der Waals surface area contributed by atoms with E-state index in [4.69, 9.17) is 5.10 Å². The van der Waals surface area contributed by atoms with Crippen molar-refractivity contribution >= 4 is 18.3 Å². The smallest absolute Gasteiger partial charge is 0.255 e. The van der Waals surface area contributed by atoms with Crippen molar-refractivity contribution in [3.63, 3.8) is 0 Å². The van der Waals surface area contributed by atoms with Crippen LogP contribution in [0, 0.1) is 6.92 Å². The zero-order chi connectivity index (χ0) is 18.6. The van der Waals surface area contributed by atoms with E-state index in [1.165, 1.54) is 6.42 Å². The molecule has 1 aromatic heterocycles. The Morgan fingerprint density at radius 3 is 2.64 bits per heavy atom. The average molecular weight is 397 g/mol. The molecule has 0 aliphatic carbocycles. The Balaban J connectivity index is 0.00000225. The number of hydrogen-bond acceptors (Lipinski definition) is 3. The predicted molar refractivity (Wildman–Crippen MR) is 114 cm³/mol. The molecular formula is C22H25ClN4O. The first kappa shape index (κ1) is 20.1. The number of nitrogens with zero attached hydrogens (tertiary/aromatic N) is 2. The fourth-order valence-electron chi connectivity index (χ4n) is 3.53. The van der Waals surface area contributed by atoms with Crippen LogP contribution in [0.15, 0.2) is 60.8 Å². The molecule has 4 rings (SSSR count). The summed E-state index contributed by atoms with van der Waals surface area (Å²) >= 11 is 0. The van der Waals surface area contributed by atoms with Gasteiger partial charge in [0.05, 0.1) is 11.3 Å². The highest BCUT2D eigenvalue weighted by Gasteiger charge is 2.21. The third-order valence-electron chi connectivity index (χ3n) is 5.05. The predicted octanol–water partition coefficient (Wildman–Crippen LogP) is 3.75. The minimum Gasteiger partial charge on any atom is -0.350 e. The summed E-state index contributed by atoms with van der Waals surface area (Å²) in [6, 6.07) is 18.3. The van der Waals surface area contributed by atoms with Crippen LogP contribution in [0.25, 0.3) is 16.9 Å². The molecule has 5 nitrogen and oxygen atoms in total. The lowest BCUT2D eigenvalue weighted by Crippen LogP contribution is -2.37. The fraction of sp³-hybridized carbons (Fsp3) is 0.273. The first-order chi connectivity index (χ1) is 13.2. The van der Waals surface area contributed by atoms with E-state index < -0.39 is 0 Å². The number of aromatic nitrogens is 2. The summed E-state index contributed by atoms with van der Waals surface area (Å²) < 4.78 is 1.78. The van der Waals surface area contributed by atoms with Gasteiger partial charge in [-0.25, -0.2) is 4.68 Å². The van der Waals surface area contributed by atoms with Crippen LogP contribution >= 0.6 is 12.4 Å². The van der Waals surface area contributed by atoms with Crippen LogP contribution in [-0.2, 0) is 0 Å². The molecule has 1 unspecified atom stereocenters. The van der Waals surface area contributed by atoms with Crippen LogP contribution in [0.4, 0.5) is 0 Å². The van der Waals surface area contributed by atoms with Gasteiger partial charge in [-0.15, -0.1) is 12.4 Å². The van der Waals surface area contributed by atoms with Crippen LogP contribution in [0.3, 0.4) is 0 Å². The summed E-state index contributed by atoms with van der Waals surface area (Å²) in [6.07, 6.45) is 4.10. The van der Waals surface area contributed by atoms with E-state index in [2.05, 4.69) is 10.6 Å². The minimum atomic E-state index is -0.0795. The maximum atomic E-state index is 13.0. The second-order valence-electron chi connectivity index (χ2n) is 6.99. The molecule has 146 valence electrons. The van der Waals surface area contributed by atoms with Crippen molar-refractivity contribution in [3.8, 4) is 16.9 Å². The SMILES string of the molecule is Cc1ccccc1-c1nn(-c2ccccc2)cc1C(=O)NCC1CCCN1.Cl. The molecule has 1 saturated heterocycles. The first-order valence-electron chi connectivity index (χ1n) is 9.45. The highest BCUT2D eigenvalue weighted by Crippen LogP contribution is 2.26. The monoisotopic (exact) mass is 396 g/mol. The molecule has 0 bridgehead atoms. The standard InChI is InChI=1S/C22H24N4O.ClH/c1-16-8-5-6-12-19(16)21-20(22(27)24-14-17-9-7-13-23-17)15-26(25-21)18-10-3-2-4-11-18;/h2-6,8,10-12,15,17,23H,7,9,13-14H2,1H3,(H,24,27);1H. The second-order valence-corrected chi connectivity index (χ2v) is 6.99. The number of aryl methyl sites for hydroxylation is 1. The van der Waals surface area contributed by atoms with Gasteiger partial charge in [-0.05, 0) is 44.0 Å². The lowest BCUT2D eigenvalue weighted by molar-refractivity contribution is 0.0951. The molecule has 1 aliphatic rings. The zero-order valence-electron chi connectivity index (χ0n) is 15.9. The van der Waals surface area contributed by atoms with Gasteiger partial charge in [-0.1, -0.05) is 42.5 Å². The van der Waals surface area contributed by atoms with Gasteiger partial charge >= 0.3 is 0 Å². The fourth-order valence-corrected chi connectivity index (χ4v) is 3.53. The van der Waals surface area contributed by atoms with Crippen LogP contribution in [0.5, 0.6) is 0 Å². The molecule has 3 aromatic rings. The number of halogens is 1. The van der Waals surface area contributed by atoms with Gasteiger partial charge in [0, 0.05) is 24.3 Å². The van der Waals surface area contributed by atoms with E-state index in [0.29, 0.717) is 23.8 Å². The second kappa shape index (κ2) is 9.04. The lowest BCUT2D eigenvalue weighted by Gasteiger charge is -2.11. The number of para-hydroxylation sites is 1. The summed E-state index contributed by atoms with van der Waals surface area (Å²) in [5, 5.41) is 11.2. The van der Waals surface area contributed by atoms with Crippen LogP contribution in [0.2, 0.25) is 0 Å². The van der Waals surface area contributed by atoms with Crippen molar-refractivity contribution in [3.05, 3.63) is 71.9 Å². The summed E-state index contributed by atoms with van der Waals surface area (Å²) in [4.78, 5) is 13.0. The molecule has 0 spiro atoms. The van der Waals surface area contributed by atoms with Crippen LogP contribution in [-0.4, -0.2) is 34.8 Å². The Labute approximate surface area is 171 Å². The number of benzene rings is 2. The van der Waals surface area contributed by atoms with Gasteiger partial charge in [-0.2, -0.15) is 5.10 Å². The molecule has 2 aromatic carbocycles. The Kier molecular flexibility index (Phi) is 6.49. The largest absolute Gasteiger partial charge is 0.350 e. The number of carbonyl (C=O) groups excluding carboxylic acids is 1. The zero-order valence-corrected chi connectivity index (χ0v) is 16.7. The van der Waals surface area contributed by atoms with Crippen molar-refractivity contribution in [1.29, 1.82) is 0 Å². The van der Waals surface area contributed by atoms with Gasteiger partial charge < -0.3 is 10.6 Å². The van der Waals surface area contributed by atoms with Crippen LogP contribution < -0.4 is 10.6 Å². The normalized spacial score (nSPS) is 15.8. The molecule has 6 heteroatoms. The number of carbonyl (C=O) groups is 1. The molecule has 2 N–H and O–H groups in total. The van der Waals surface area contributed by atoms with Crippen molar-refractivity contribution in [1.82, 2.24) is 20.4 Å². The van der Waals surface area contributed by atoms with Crippen molar-refractivity contribution in [2.75, 3.05) is 13.1 Å². The molecule has 1 fully saturated rings. The highest BCUT2D eigenvalue weighted by molar-refractivity contribution is 6.00. The number of rotatable bonds is 5. The summed E-state index contributed by atoms with van der Waals surface area (Å²) in [5.41, 5.74) is 4.34. The van der Waals surface area contributed by atoms with Gasteiger partial charge in [0.15, 0.2) is 0 Å². The molecule has 2 heterocycles. The van der Waals surface area contributed by atoms with Gasteiger partial charge in [0.25, 0.3) is 5.91 Å². The lowest BCUT2D eigenvalue weighted by atomic mass is 10.0. The summed E-state index contributed by atoms with van der Waals surface area (Å²) in [6.45, 7) is 3.71. The first-order valence-corrected chi connectivity index (χ1v) is 9.45. The Morgan fingerprint density at radius 2 is 1.93 bits per heavy atom. The van der Waals surface area contributed by atoms with Crippen LogP contribution in [0.1, 0.15) is 28.8 Å². The van der Waals surface area contributed by atoms with Crippen molar-refractivity contribution in [2.45, 2.75) is 25.8 Å². The Bertz CT molecular complexity index is 933. The molecule has 1 amide bonds. The Hall–Kier alpha value is -2.63. The molecule has 0 saturated carbocycles. The highest BCUT2D eigenvalue weighted by atomic mass is 35.5. The minimum absolute atomic E-state index is 0. The molecule has 1 atom stereocenters. The van der Waals surface area contributed by atoms with Gasteiger partial charge in [0.1, 0.15) is 5.69 Å². The quantitative estimate of drug-likeness (QED) is 0.690. The number of hydrogen-bond donors (Lipinski definition) is 2. The molecular weight excluding hydrogens is 372 g/mol. The number of amides is 1. The van der Waals surface area contributed by atoms with E-state index in [0.717, 1.165) is 29.8 Å². The molecule has 1 aliphatic heterocycles. The summed E-state index contributed by atoms with van der Waals surface area (Å²) in [7, 11) is 0. The molecule has 28 heavy (non-hydrogen) atoms. The topological polar surface area (TPSA) is 59.0 Å². The van der Waals surface area contributed by atoms with Gasteiger partial charge in [-0.3, -0.25) is 4.79 Å². The summed E-state index contributed by atoms with van der Waals surface area (Å²) in [5.74, 6) is -0.0795. The molecule has 0 radical (unpaired) electrons. The van der Waals surface area contributed by atoms with Crippen molar-refractivity contribution in [2.24, 2.45) is 0 Å². The Morgan fingerprint density at radius 1 is 1.18 bits per heavy atom. The van der Waals surface area contributed by atoms with E-state index in [-0.39, 0.29) is 18.3 Å². The van der Waals surface area contributed by atoms with E-state index >= 15 is 0 Å². The van der Waals surface area contributed by atoms with E-state index in [9.17, 15) is 4.79 Å².